The van der Waals surface area contributed by atoms with Crippen LogP contribution in [0.4, 0.5) is 0 Å². The maximum absolute atomic E-state index is 12.8. The van der Waals surface area contributed by atoms with Gasteiger partial charge in [0.2, 0.25) is 0 Å². The van der Waals surface area contributed by atoms with E-state index in [1.807, 2.05) is 6.08 Å². The highest BCUT2D eigenvalue weighted by molar-refractivity contribution is 5.72. The number of carbonyl (C=O) groups excluding carboxylic acids is 3. The van der Waals surface area contributed by atoms with Gasteiger partial charge in [0.15, 0.2) is 6.10 Å². The zero-order chi connectivity index (χ0) is 53.6. The molecule has 0 bridgehead atoms. The lowest BCUT2D eigenvalue weighted by Crippen LogP contribution is -2.30. The van der Waals surface area contributed by atoms with Crippen molar-refractivity contribution in [3.8, 4) is 0 Å². The summed E-state index contributed by atoms with van der Waals surface area (Å²) in [4.78, 5) is 38.1. The van der Waals surface area contributed by atoms with Gasteiger partial charge in [0.1, 0.15) is 13.2 Å². The van der Waals surface area contributed by atoms with E-state index in [1.165, 1.54) is 173 Å². The van der Waals surface area contributed by atoms with E-state index in [9.17, 15) is 14.4 Å². The zero-order valence-electron chi connectivity index (χ0n) is 48.8. The molecule has 0 heterocycles. The van der Waals surface area contributed by atoms with Crippen LogP contribution in [-0.2, 0) is 28.6 Å². The monoisotopic (exact) mass is 1030 g/mol. The highest BCUT2D eigenvalue weighted by Gasteiger charge is 2.19. The van der Waals surface area contributed by atoms with E-state index < -0.39 is 12.1 Å². The van der Waals surface area contributed by atoms with Gasteiger partial charge in [-0.15, -0.1) is 0 Å². The van der Waals surface area contributed by atoms with Gasteiger partial charge < -0.3 is 14.2 Å². The summed E-state index contributed by atoms with van der Waals surface area (Å²) in [5.74, 6) is -1.05. The lowest BCUT2D eigenvalue weighted by molar-refractivity contribution is -0.166. The van der Waals surface area contributed by atoms with E-state index >= 15 is 0 Å². The Hall–Kier alpha value is -3.41. The number of carbonyl (C=O) groups is 3. The Labute approximate surface area is 458 Å². The average molecular weight is 1030 g/mol. The minimum Gasteiger partial charge on any atom is -0.462 e. The normalized spacial score (nSPS) is 12.6. The first-order valence-electron chi connectivity index (χ1n) is 31.6. The summed E-state index contributed by atoms with van der Waals surface area (Å²) < 4.78 is 16.8. The molecule has 0 saturated heterocycles. The van der Waals surface area contributed by atoms with Gasteiger partial charge in [-0.25, -0.2) is 0 Å². The first-order valence-corrected chi connectivity index (χ1v) is 31.6. The molecule has 0 rings (SSSR count). The molecule has 0 spiro atoms. The van der Waals surface area contributed by atoms with Crippen LogP contribution in [0.3, 0.4) is 0 Å². The minimum absolute atomic E-state index is 0.0947. The molecule has 0 aliphatic rings. The second kappa shape index (κ2) is 62.1. The van der Waals surface area contributed by atoms with Gasteiger partial charge >= 0.3 is 17.9 Å². The second-order valence-corrected chi connectivity index (χ2v) is 21.0. The molecule has 0 saturated carbocycles. The smallest absolute Gasteiger partial charge is 0.310 e. The molecule has 1 atom stereocenters. The second-order valence-electron chi connectivity index (χ2n) is 21.0. The first-order chi connectivity index (χ1) is 36.5. The molecule has 0 amide bonds. The van der Waals surface area contributed by atoms with Gasteiger partial charge in [0.25, 0.3) is 0 Å². The predicted octanol–water partition coefficient (Wildman–Crippen LogP) is 21.5. The van der Waals surface area contributed by atoms with Crippen molar-refractivity contribution in [3.63, 3.8) is 0 Å². The number of unbranched alkanes of at least 4 members (excludes halogenated alkanes) is 33. The Morgan fingerprint density at radius 1 is 0.297 bits per heavy atom. The summed E-state index contributed by atoms with van der Waals surface area (Å²) >= 11 is 0. The average Bonchev–Trinajstić information content (AvgIpc) is 3.40. The summed E-state index contributed by atoms with van der Waals surface area (Å²) in [5, 5.41) is 0. The fourth-order valence-electron chi connectivity index (χ4n) is 8.95. The number of hydrogen-bond donors (Lipinski definition) is 0. The van der Waals surface area contributed by atoms with E-state index in [0.717, 1.165) is 96.3 Å². The Bertz CT molecular complexity index is 1420. The van der Waals surface area contributed by atoms with E-state index in [-0.39, 0.29) is 31.6 Å². The number of esters is 3. The van der Waals surface area contributed by atoms with E-state index in [4.69, 9.17) is 14.2 Å². The Kier molecular flexibility index (Phi) is 59.3. The van der Waals surface area contributed by atoms with Crippen molar-refractivity contribution in [2.24, 2.45) is 0 Å². The lowest BCUT2D eigenvalue weighted by atomic mass is 10.0. The molecular formula is C68H118O6. The third-order valence-corrected chi connectivity index (χ3v) is 13.7. The van der Waals surface area contributed by atoms with Crippen LogP contribution in [0.5, 0.6) is 0 Å². The largest absolute Gasteiger partial charge is 0.462 e. The molecule has 74 heavy (non-hydrogen) atoms. The van der Waals surface area contributed by atoms with Gasteiger partial charge in [-0.1, -0.05) is 305 Å². The van der Waals surface area contributed by atoms with Crippen LogP contribution in [0.25, 0.3) is 0 Å². The maximum atomic E-state index is 12.8. The van der Waals surface area contributed by atoms with Gasteiger partial charge in [0.05, 0.1) is 6.42 Å². The van der Waals surface area contributed by atoms with Crippen molar-refractivity contribution in [1.29, 1.82) is 0 Å². The molecule has 0 aromatic rings. The quantitative estimate of drug-likeness (QED) is 0.0261. The highest BCUT2D eigenvalue weighted by Crippen LogP contribution is 2.17. The van der Waals surface area contributed by atoms with Crippen molar-refractivity contribution < 1.29 is 28.6 Å². The minimum atomic E-state index is -0.836. The Morgan fingerprint density at radius 3 is 0.932 bits per heavy atom. The van der Waals surface area contributed by atoms with Crippen molar-refractivity contribution in [3.05, 3.63) is 85.1 Å². The van der Waals surface area contributed by atoms with Gasteiger partial charge in [-0.05, 0) is 70.6 Å². The predicted molar refractivity (Wildman–Crippen MR) is 321 cm³/mol. The van der Waals surface area contributed by atoms with Gasteiger partial charge in [-0.3, -0.25) is 14.4 Å². The number of rotatable bonds is 57. The van der Waals surface area contributed by atoms with Crippen LogP contribution in [0, 0.1) is 0 Å². The van der Waals surface area contributed by atoms with Crippen LogP contribution in [0.15, 0.2) is 85.1 Å². The third kappa shape index (κ3) is 59.5. The van der Waals surface area contributed by atoms with Crippen LogP contribution in [0.1, 0.15) is 310 Å². The topological polar surface area (TPSA) is 78.9 Å². The molecule has 0 fully saturated rings. The lowest BCUT2D eigenvalue weighted by Gasteiger charge is -2.18. The molecule has 0 aliphatic carbocycles. The van der Waals surface area contributed by atoms with Crippen LogP contribution >= 0.6 is 0 Å². The van der Waals surface area contributed by atoms with Gasteiger partial charge in [0, 0.05) is 12.8 Å². The molecule has 0 aliphatic heterocycles. The summed E-state index contributed by atoms with van der Waals surface area (Å²) in [5.41, 5.74) is 0. The standard InChI is InChI=1S/C68H118O6/c1-4-7-10-13-16-19-22-25-28-29-30-31-32-33-34-35-36-37-38-39-41-43-46-49-52-55-58-61-67(70)73-64-65(63-72-66(69)60-57-54-51-48-45-42-27-24-21-18-15-12-9-6-3)74-68(71)62-59-56-53-50-47-44-40-26-23-20-17-14-11-8-5-2/h8,11,15,17-18,20,24,26-27,40,47,50,56,59,65H,4-7,9-10,12-14,16,19,21-23,25,28-39,41-46,48-49,51-55,57-58,60-64H2,1-3H3/b11-8-,18-15-,20-17-,27-24-,40-26-,50-47-,59-56-. The first kappa shape index (κ1) is 70.6. The third-order valence-electron chi connectivity index (χ3n) is 13.7. The Balaban J connectivity index is 4.29. The molecule has 0 aromatic heterocycles. The van der Waals surface area contributed by atoms with Crippen LogP contribution in [-0.4, -0.2) is 37.2 Å². The van der Waals surface area contributed by atoms with Crippen molar-refractivity contribution in [1.82, 2.24) is 0 Å². The fraction of sp³-hybridized carbons (Fsp3) is 0.750. The molecule has 1 unspecified atom stereocenters. The molecule has 6 heteroatoms. The summed E-state index contributed by atoms with van der Waals surface area (Å²) in [6.45, 7) is 6.42. The van der Waals surface area contributed by atoms with Crippen molar-refractivity contribution in [2.45, 2.75) is 316 Å². The number of allylic oxidation sites excluding steroid dienone is 13. The molecule has 0 aromatic carbocycles. The molecular weight excluding hydrogens is 913 g/mol. The van der Waals surface area contributed by atoms with Crippen LogP contribution < -0.4 is 0 Å². The summed E-state index contributed by atoms with van der Waals surface area (Å²) in [6.07, 6.45) is 82.1. The van der Waals surface area contributed by atoms with Gasteiger partial charge in [-0.2, -0.15) is 0 Å². The molecule has 6 nitrogen and oxygen atoms in total. The molecule has 0 N–H and O–H groups in total. The van der Waals surface area contributed by atoms with Crippen LogP contribution in [0.2, 0.25) is 0 Å². The summed E-state index contributed by atoms with van der Waals surface area (Å²) in [7, 11) is 0. The fourth-order valence-corrected chi connectivity index (χ4v) is 8.95. The highest BCUT2D eigenvalue weighted by atomic mass is 16.6. The summed E-state index contributed by atoms with van der Waals surface area (Å²) in [6, 6.07) is 0. The number of hydrogen-bond acceptors (Lipinski definition) is 6. The Morgan fingerprint density at radius 2 is 0.581 bits per heavy atom. The maximum Gasteiger partial charge on any atom is 0.310 e. The van der Waals surface area contributed by atoms with E-state index in [0.29, 0.717) is 12.8 Å². The van der Waals surface area contributed by atoms with Crippen molar-refractivity contribution >= 4 is 17.9 Å². The molecule has 426 valence electrons. The zero-order valence-corrected chi connectivity index (χ0v) is 48.8. The van der Waals surface area contributed by atoms with E-state index in [2.05, 4.69) is 93.7 Å². The van der Waals surface area contributed by atoms with E-state index in [1.54, 1.807) is 6.08 Å². The van der Waals surface area contributed by atoms with Crippen molar-refractivity contribution in [2.75, 3.05) is 13.2 Å². The number of ether oxygens (including phenoxy) is 3. The molecule has 0 radical (unpaired) electrons. The SMILES string of the molecule is CC/C=C\C/C=C\C/C=C\C/C=C\C/C=C\CC(=O)OC(COC(=O)CCCCCCC/C=C\C/C=C\CCCC)COC(=O)CCCCCCCCCCCCCCCCCCCCCCCCCCCCC.